The summed E-state index contributed by atoms with van der Waals surface area (Å²) in [7, 11) is 0. The average Bonchev–Trinajstić information content (AvgIpc) is 2.93. The van der Waals surface area contributed by atoms with Gasteiger partial charge in [0.25, 0.3) is 0 Å². The van der Waals surface area contributed by atoms with Crippen LogP contribution in [-0.4, -0.2) is 36.8 Å². The van der Waals surface area contributed by atoms with E-state index in [9.17, 15) is 9.59 Å². The van der Waals surface area contributed by atoms with Crippen LogP contribution in [0.3, 0.4) is 0 Å². The van der Waals surface area contributed by atoms with Gasteiger partial charge in [-0.25, -0.2) is 0 Å². The third-order valence-corrected chi connectivity index (χ3v) is 7.17. The number of nitrogens with zero attached hydrogens (tertiary/aromatic N) is 1. The molecule has 3 rings (SSSR count). The normalized spacial score (nSPS) is 12.4. The minimum atomic E-state index is -0.326. The van der Waals surface area contributed by atoms with Crippen LogP contribution in [0.1, 0.15) is 62.1 Å². The number of alkyl halides is 2. The van der Waals surface area contributed by atoms with Gasteiger partial charge < -0.3 is 14.4 Å². The van der Waals surface area contributed by atoms with Gasteiger partial charge in [0.05, 0.1) is 6.42 Å². The quantitative estimate of drug-likeness (QED) is 0.113. The van der Waals surface area contributed by atoms with Gasteiger partial charge in [-0.3, -0.25) is 9.59 Å². The van der Waals surface area contributed by atoms with Gasteiger partial charge in [0.15, 0.2) is 0 Å². The van der Waals surface area contributed by atoms with E-state index in [-0.39, 0.29) is 18.4 Å². The first-order valence-corrected chi connectivity index (χ1v) is 14.5. The van der Waals surface area contributed by atoms with Gasteiger partial charge in [-0.2, -0.15) is 0 Å². The largest absolute Gasteiger partial charge is 0.427 e. The highest BCUT2D eigenvalue weighted by Crippen LogP contribution is 2.39. The maximum atomic E-state index is 12.6. The molecule has 3 aromatic rings. The Morgan fingerprint density at radius 2 is 1.18 bits per heavy atom. The zero-order valence-corrected chi connectivity index (χ0v) is 24.4. The van der Waals surface area contributed by atoms with Crippen molar-refractivity contribution >= 4 is 40.8 Å². The van der Waals surface area contributed by atoms with E-state index in [1.165, 1.54) is 18.1 Å². The number of anilines is 1. The molecule has 0 saturated carbocycles. The number of halogens is 2. The molecule has 3 aromatic carbocycles. The van der Waals surface area contributed by atoms with Gasteiger partial charge in [0.1, 0.15) is 11.5 Å². The highest BCUT2D eigenvalue weighted by molar-refractivity contribution is 6.18. The Hall–Kier alpha value is -3.02. The van der Waals surface area contributed by atoms with Gasteiger partial charge in [0, 0.05) is 37.5 Å². The van der Waals surface area contributed by atoms with E-state index in [0.29, 0.717) is 48.2 Å². The molecule has 39 heavy (non-hydrogen) atoms. The molecule has 0 aromatic heterocycles. The zero-order valence-electron chi connectivity index (χ0n) is 22.9. The second-order valence-corrected chi connectivity index (χ2v) is 10.2. The van der Waals surface area contributed by atoms with Crippen LogP contribution in [-0.2, 0) is 16.0 Å². The number of rotatable bonds is 14. The Kier molecular flexibility index (Phi) is 12.2. The van der Waals surface area contributed by atoms with Crippen molar-refractivity contribution in [3.05, 3.63) is 89.5 Å². The number of carbonyl (C=O) groups excluding carboxylic acids is 2. The Labute approximate surface area is 242 Å². The third kappa shape index (κ3) is 9.01. The van der Waals surface area contributed by atoms with Crippen LogP contribution in [0, 0.1) is 0 Å². The molecule has 0 heterocycles. The summed E-state index contributed by atoms with van der Waals surface area (Å²) < 4.78 is 10.8. The van der Waals surface area contributed by atoms with Crippen LogP contribution in [0.15, 0.2) is 72.8 Å². The molecule has 5 nitrogen and oxygen atoms in total. The van der Waals surface area contributed by atoms with Crippen molar-refractivity contribution in [3.63, 3.8) is 0 Å². The van der Waals surface area contributed by atoms with Crippen LogP contribution in [0.5, 0.6) is 11.5 Å². The fraction of sp³-hybridized carbons (Fsp3) is 0.375. The van der Waals surface area contributed by atoms with Crippen LogP contribution in [0.4, 0.5) is 5.69 Å². The van der Waals surface area contributed by atoms with Crippen molar-refractivity contribution in [1.82, 2.24) is 0 Å². The lowest BCUT2D eigenvalue weighted by molar-refractivity contribution is -0.134. The highest BCUT2D eigenvalue weighted by Gasteiger charge is 2.22. The smallest absolute Gasteiger partial charge is 0.315 e. The van der Waals surface area contributed by atoms with E-state index < -0.39 is 0 Å². The molecule has 7 heteroatoms. The number of hydrogen-bond donors (Lipinski definition) is 0. The fourth-order valence-electron chi connectivity index (χ4n) is 4.97. The van der Waals surface area contributed by atoms with Crippen molar-refractivity contribution in [2.24, 2.45) is 0 Å². The summed E-state index contributed by atoms with van der Waals surface area (Å²) >= 11 is 11.8. The molecule has 0 radical (unpaired) electrons. The molecule has 0 amide bonds. The summed E-state index contributed by atoms with van der Waals surface area (Å²) in [6.07, 6.45) is 2.12. The summed E-state index contributed by atoms with van der Waals surface area (Å²) in [5.41, 5.74) is 4.31. The highest BCUT2D eigenvalue weighted by atomic mass is 35.5. The maximum absolute atomic E-state index is 12.6. The number of hydrogen-bond acceptors (Lipinski definition) is 5. The predicted octanol–water partition coefficient (Wildman–Crippen LogP) is 7.73. The Bertz CT molecular complexity index is 1170. The average molecular weight is 571 g/mol. The lowest BCUT2D eigenvalue weighted by Gasteiger charge is -2.26. The van der Waals surface area contributed by atoms with E-state index in [1.54, 1.807) is 0 Å². The SMILES string of the molecule is CC[C@@H](c1ccc(OC(C)=O)cc1)[C@@H](CC)c1ccc(OC(=O)Cc2ccc(N(CCCl)CCCl)cc2)cc1. The minimum absolute atomic E-state index is 0.186. The fourth-order valence-corrected chi connectivity index (χ4v) is 5.38. The van der Waals surface area contributed by atoms with E-state index >= 15 is 0 Å². The van der Waals surface area contributed by atoms with Crippen LogP contribution in [0.25, 0.3) is 0 Å². The molecule has 0 aliphatic rings. The number of esters is 2. The molecule has 0 aliphatic carbocycles. The molecule has 0 spiro atoms. The summed E-state index contributed by atoms with van der Waals surface area (Å²) in [5, 5.41) is 0. The number of ether oxygens (including phenoxy) is 2. The van der Waals surface area contributed by atoms with Crippen LogP contribution < -0.4 is 14.4 Å². The second-order valence-electron chi connectivity index (χ2n) is 9.44. The lowest BCUT2D eigenvalue weighted by atomic mass is 9.78. The summed E-state index contributed by atoms with van der Waals surface area (Å²) in [6, 6.07) is 23.4. The first kappa shape index (κ1) is 30.5. The third-order valence-electron chi connectivity index (χ3n) is 6.83. The summed E-state index contributed by atoms with van der Waals surface area (Å²) in [4.78, 5) is 26.0. The van der Waals surface area contributed by atoms with Gasteiger partial charge in [-0.15, -0.1) is 23.2 Å². The van der Waals surface area contributed by atoms with Gasteiger partial charge in [0.2, 0.25) is 0 Å². The van der Waals surface area contributed by atoms with E-state index in [1.807, 2.05) is 72.8 Å². The summed E-state index contributed by atoms with van der Waals surface area (Å²) in [5.74, 6) is 2.10. The minimum Gasteiger partial charge on any atom is -0.427 e. The van der Waals surface area contributed by atoms with Crippen molar-refractivity contribution in [2.45, 2.75) is 51.9 Å². The standard InChI is InChI=1S/C32H37Cl2NO4/c1-4-30(25-8-14-28(15-9-25)38-23(3)36)31(5-2)26-10-16-29(17-11-26)39-32(37)22-24-6-12-27(13-7-24)35(20-18-33)21-19-34/h6-17,30-31H,4-5,18-22H2,1-3H3/t30-,31-/m0/s1. The molecular formula is C32H37Cl2NO4. The molecule has 0 fully saturated rings. The number of carbonyl (C=O) groups is 2. The molecule has 2 atom stereocenters. The molecular weight excluding hydrogens is 533 g/mol. The molecule has 208 valence electrons. The van der Waals surface area contributed by atoms with Crippen LogP contribution >= 0.6 is 23.2 Å². The molecule has 0 aliphatic heterocycles. The van der Waals surface area contributed by atoms with E-state index in [2.05, 4.69) is 18.7 Å². The number of benzene rings is 3. The first-order chi connectivity index (χ1) is 18.9. The zero-order chi connectivity index (χ0) is 28.2. The van der Waals surface area contributed by atoms with E-state index in [4.69, 9.17) is 32.7 Å². The van der Waals surface area contributed by atoms with Crippen molar-refractivity contribution < 1.29 is 19.1 Å². The predicted molar refractivity (Wildman–Crippen MR) is 160 cm³/mol. The van der Waals surface area contributed by atoms with Gasteiger partial charge >= 0.3 is 11.9 Å². The monoisotopic (exact) mass is 569 g/mol. The Balaban J connectivity index is 1.62. The summed E-state index contributed by atoms with van der Waals surface area (Å²) in [6.45, 7) is 7.20. The van der Waals surface area contributed by atoms with Gasteiger partial charge in [-0.05, 0) is 77.8 Å². The molecule has 0 saturated heterocycles. The Morgan fingerprint density at radius 3 is 1.59 bits per heavy atom. The second kappa shape index (κ2) is 15.5. The van der Waals surface area contributed by atoms with Crippen molar-refractivity contribution in [3.8, 4) is 11.5 Å². The molecule has 0 unspecified atom stereocenters. The molecule has 0 N–H and O–H groups in total. The topological polar surface area (TPSA) is 55.8 Å². The maximum Gasteiger partial charge on any atom is 0.315 e. The van der Waals surface area contributed by atoms with Gasteiger partial charge in [-0.1, -0.05) is 50.2 Å². The Morgan fingerprint density at radius 1 is 0.718 bits per heavy atom. The molecule has 0 bridgehead atoms. The van der Waals surface area contributed by atoms with Crippen molar-refractivity contribution in [2.75, 3.05) is 29.7 Å². The lowest BCUT2D eigenvalue weighted by Crippen LogP contribution is -2.27. The van der Waals surface area contributed by atoms with Crippen molar-refractivity contribution in [1.29, 1.82) is 0 Å². The van der Waals surface area contributed by atoms with E-state index in [0.717, 1.165) is 24.1 Å². The van der Waals surface area contributed by atoms with Crippen LogP contribution in [0.2, 0.25) is 0 Å². The first-order valence-electron chi connectivity index (χ1n) is 13.4.